The molecule has 0 aliphatic rings. The lowest BCUT2D eigenvalue weighted by Gasteiger charge is -2.03. The highest BCUT2D eigenvalue weighted by atomic mass is 16.2. The summed E-state index contributed by atoms with van der Waals surface area (Å²) in [5, 5.41) is 3.33. The summed E-state index contributed by atoms with van der Waals surface area (Å²) < 4.78 is 2.46. The highest BCUT2D eigenvalue weighted by Crippen LogP contribution is 2.04. The van der Waals surface area contributed by atoms with E-state index in [0.717, 1.165) is 17.7 Å². The van der Waals surface area contributed by atoms with Crippen LogP contribution in [0, 0.1) is 0 Å². The van der Waals surface area contributed by atoms with Gasteiger partial charge in [0.1, 0.15) is 11.3 Å². The van der Waals surface area contributed by atoms with Gasteiger partial charge in [-0.25, -0.2) is 9.78 Å². The Morgan fingerprint density at radius 1 is 1.13 bits per heavy atom. The van der Waals surface area contributed by atoms with Crippen molar-refractivity contribution < 1.29 is 0 Å². The Hall–Kier alpha value is -2.67. The Morgan fingerprint density at radius 2 is 1.87 bits per heavy atom. The molecule has 0 fully saturated rings. The van der Waals surface area contributed by atoms with Gasteiger partial charge in [0.15, 0.2) is 5.65 Å². The van der Waals surface area contributed by atoms with Crippen molar-refractivity contribution >= 4 is 11.2 Å². The highest BCUT2D eigenvalue weighted by molar-refractivity contribution is 5.69. The van der Waals surface area contributed by atoms with E-state index in [1.807, 2.05) is 18.2 Å². The molecular formula is C16H19N5O2. The molecule has 3 rings (SSSR count). The molecule has 3 aromatic rings. The Balaban J connectivity index is 1.72. The lowest BCUT2D eigenvalue weighted by Crippen LogP contribution is -2.36. The fraction of sp³-hybridized carbons (Fsp3) is 0.312. The maximum absolute atomic E-state index is 12.1. The molecule has 0 aliphatic carbocycles. The monoisotopic (exact) mass is 313 g/mol. The zero-order chi connectivity index (χ0) is 16.4. The van der Waals surface area contributed by atoms with Crippen LogP contribution < -0.4 is 16.6 Å². The third-order valence-electron chi connectivity index (χ3n) is 3.85. The topological polar surface area (TPSA) is 84.7 Å². The third-order valence-corrected chi connectivity index (χ3v) is 3.85. The van der Waals surface area contributed by atoms with Crippen molar-refractivity contribution in [2.75, 3.05) is 6.54 Å². The number of benzene rings is 1. The highest BCUT2D eigenvalue weighted by Gasteiger charge is 2.12. The third kappa shape index (κ3) is 2.95. The first kappa shape index (κ1) is 15.2. The summed E-state index contributed by atoms with van der Waals surface area (Å²) in [5.41, 5.74) is 1.26. The average molecular weight is 313 g/mol. The number of H-pyrrole nitrogens is 1. The second kappa shape index (κ2) is 6.21. The van der Waals surface area contributed by atoms with Crippen LogP contribution in [0.15, 0.2) is 39.9 Å². The lowest BCUT2D eigenvalue weighted by atomic mass is 10.2. The summed E-state index contributed by atoms with van der Waals surface area (Å²) in [6.07, 6.45) is 0.652. The summed E-state index contributed by atoms with van der Waals surface area (Å²) in [7, 11) is 3.08. The van der Waals surface area contributed by atoms with Crippen molar-refractivity contribution in [3.05, 3.63) is 62.6 Å². The molecule has 0 spiro atoms. The van der Waals surface area contributed by atoms with Crippen LogP contribution >= 0.6 is 0 Å². The van der Waals surface area contributed by atoms with E-state index in [2.05, 4.69) is 27.4 Å². The van der Waals surface area contributed by atoms with E-state index in [9.17, 15) is 9.59 Å². The van der Waals surface area contributed by atoms with Gasteiger partial charge in [-0.05, 0) is 5.56 Å². The lowest BCUT2D eigenvalue weighted by molar-refractivity contribution is 0.674. The summed E-state index contributed by atoms with van der Waals surface area (Å²) in [5.74, 6) is 0.693. The number of aromatic nitrogens is 4. The normalized spacial score (nSPS) is 11.2. The zero-order valence-electron chi connectivity index (χ0n) is 13.2. The van der Waals surface area contributed by atoms with E-state index in [4.69, 9.17) is 0 Å². The summed E-state index contributed by atoms with van der Waals surface area (Å²) >= 11 is 0. The predicted molar refractivity (Wildman–Crippen MR) is 88.4 cm³/mol. The minimum Gasteiger partial charge on any atom is -0.336 e. The molecule has 7 nitrogen and oxygen atoms in total. The van der Waals surface area contributed by atoms with Crippen molar-refractivity contribution in [3.63, 3.8) is 0 Å². The molecule has 120 valence electrons. The van der Waals surface area contributed by atoms with Crippen LogP contribution in [0.25, 0.3) is 11.2 Å². The fourth-order valence-corrected chi connectivity index (χ4v) is 2.53. The minimum atomic E-state index is -0.372. The van der Waals surface area contributed by atoms with E-state index in [0.29, 0.717) is 23.4 Å². The Morgan fingerprint density at radius 3 is 2.61 bits per heavy atom. The van der Waals surface area contributed by atoms with E-state index >= 15 is 0 Å². The van der Waals surface area contributed by atoms with Crippen LogP contribution in [0.5, 0.6) is 0 Å². The number of aromatic amines is 1. The van der Waals surface area contributed by atoms with Gasteiger partial charge < -0.3 is 10.3 Å². The Labute approximate surface area is 132 Å². The van der Waals surface area contributed by atoms with Gasteiger partial charge in [0.05, 0.1) is 0 Å². The number of aryl methyl sites for hydroxylation is 1. The van der Waals surface area contributed by atoms with Crippen LogP contribution in [0.4, 0.5) is 0 Å². The summed E-state index contributed by atoms with van der Waals surface area (Å²) in [6, 6.07) is 10.1. The minimum absolute atomic E-state index is 0.348. The molecular weight excluding hydrogens is 294 g/mol. The van der Waals surface area contributed by atoms with Crippen molar-refractivity contribution in [1.29, 1.82) is 0 Å². The molecule has 2 heterocycles. The number of hydrogen-bond donors (Lipinski definition) is 2. The molecule has 2 N–H and O–H groups in total. The molecule has 1 aromatic carbocycles. The maximum Gasteiger partial charge on any atom is 0.332 e. The summed E-state index contributed by atoms with van der Waals surface area (Å²) in [4.78, 5) is 31.4. The van der Waals surface area contributed by atoms with Crippen molar-refractivity contribution in [2.45, 2.75) is 13.0 Å². The Bertz CT molecular complexity index is 937. The molecule has 0 saturated heterocycles. The molecule has 23 heavy (non-hydrogen) atoms. The standard InChI is InChI=1S/C16H19N5O2/c1-20-14-13(15(22)21(2)16(20)23)18-12(19-14)8-9-17-10-11-6-4-3-5-7-11/h3-7,17H,8-10H2,1-2H3,(H,18,19). The van der Waals surface area contributed by atoms with Crippen LogP contribution in [-0.4, -0.2) is 25.6 Å². The van der Waals surface area contributed by atoms with E-state index in [-0.39, 0.29) is 11.2 Å². The smallest absolute Gasteiger partial charge is 0.332 e. The molecule has 7 heteroatoms. The van der Waals surface area contributed by atoms with Gasteiger partial charge in [0, 0.05) is 33.6 Å². The predicted octanol–water partition coefficient (Wildman–Crippen LogP) is 0.293. The second-order valence-electron chi connectivity index (χ2n) is 5.50. The number of rotatable bonds is 5. The maximum atomic E-state index is 12.1. The van der Waals surface area contributed by atoms with Gasteiger partial charge in [0.2, 0.25) is 0 Å². The average Bonchev–Trinajstić information content (AvgIpc) is 3.00. The molecule has 0 radical (unpaired) electrons. The van der Waals surface area contributed by atoms with Crippen LogP contribution in [0.2, 0.25) is 0 Å². The number of fused-ring (bicyclic) bond motifs is 1. The number of nitrogens with one attached hydrogen (secondary N) is 2. The molecule has 0 amide bonds. The SMILES string of the molecule is Cn1c(=O)c2[nH]c(CCNCc3ccccc3)nc2n(C)c1=O. The first-order valence-electron chi connectivity index (χ1n) is 7.47. The number of hydrogen-bond acceptors (Lipinski definition) is 4. The van der Waals surface area contributed by atoms with Gasteiger partial charge >= 0.3 is 5.69 Å². The molecule has 0 atom stereocenters. The molecule has 0 saturated carbocycles. The van der Waals surface area contributed by atoms with Gasteiger partial charge in [-0.1, -0.05) is 30.3 Å². The Kier molecular flexibility index (Phi) is 4.12. The summed E-state index contributed by atoms with van der Waals surface area (Å²) in [6.45, 7) is 1.50. The van der Waals surface area contributed by atoms with Crippen molar-refractivity contribution in [2.24, 2.45) is 14.1 Å². The number of nitrogens with zero attached hydrogens (tertiary/aromatic N) is 3. The fourth-order valence-electron chi connectivity index (χ4n) is 2.53. The van der Waals surface area contributed by atoms with Gasteiger partial charge in [-0.2, -0.15) is 0 Å². The van der Waals surface area contributed by atoms with E-state index in [1.165, 1.54) is 17.2 Å². The largest absolute Gasteiger partial charge is 0.336 e. The number of imidazole rings is 1. The molecule has 0 aliphatic heterocycles. The van der Waals surface area contributed by atoms with Crippen LogP contribution in [0.3, 0.4) is 0 Å². The van der Waals surface area contributed by atoms with Crippen molar-refractivity contribution in [3.8, 4) is 0 Å². The zero-order valence-corrected chi connectivity index (χ0v) is 13.2. The van der Waals surface area contributed by atoms with Gasteiger partial charge in [0.25, 0.3) is 5.56 Å². The van der Waals surface area contributed by atoms with E-state index < -0.39 is 0 Å². The van der Waals surface area contributed by atoms with Gasteiger partial charge in [-0.3, -0.25) is 13.9 Å². The van der Waals surface area contributed by atoms with Crippen molar-refractivity contribution in [1.82, 2.24) is 24.4 Å². The first-order chi connectivity index (χ1) is 11.1. The molecule has 0 bridgehead atoms. The van der Waals surface area contributed by atoms with Gasteiger partial charge in [-0.15, -0.1) is 0 Å². The first-order valence-corrected chi connectivity index (χ1v) is 7.47. The van der Waals surface area contributed by atoms with E-state index in [1.54, 1.807) is 7.05 Å². The molecule has 2 aromatic heterocycles. The molecule has 0 unspecified atom stereocenters. The quantitative estimate of drug-likeness (QED) is 0.663. The van der Waals surface area contributed by atoms with Crippen LogP contribution in [0.1, 0.15) is 11.4 Å². The second-order valence-corrected chi connectivity index (χ2v) is 5.50. The van der Waals surface area contributed by atoms with Crippen LogP contribution in [-0.2, 0) is 27.1 Å².